The molecule has 3 rings (SSSR count). The molecule has 2 N–H and O–H groups in total. The molecular formula is C16H13F2N3O2S. The van der Waals surface area contributed by atoms with E-state index in [0.29, 0.717) is 28.5 Å². The summed E-state index contributed by atoms with van der Waals surface area (Å²) in [6, 6.07) is 12.9. The van der Waals surface area contributed by atoms with Crippen molar-refractivity contribution in [1.29, 1.82) is 0 Å². The van der Waals surface area contributed by atoms with E-state index < -0.39 is 5.76 Å². The van der Waals surface area contributed by atoms with Crippen molar-refractivity contribution in [2.45, 2.75) is 17.5 Å². The van der Waals surface area contributed by atoms with Crippen LogP contribution in [0.3, 0.4) is 0 Å². The van der Waals surface area contributed by atoms with Gasteiger partial charge in [0.1, 0.15) is 12.3 Å². The van der Waals surface area contributed by atoms with Gasteiger partial charge in [-0.3, -0.25) is 4.79 Å². The van der Waals surface area contributed by atoms with Crippen LogP contribution in [0.5, 0.6) is 5.75 Å². The Labute approximate surface area is 140 Å². The molecule has 3 aromatic rings. The van der Waals surface area contributed by atoms with Crippen LogP contribution in [0.25, 0.3) is 11.0 Å². The number of aromatic hydroxyl groups is 1. The highest BCUT2D eigenvalue weighted by Crippen LogP contribution is 2.28. The van der Waals surface area contributed by atoms with Crippen molar-refractivity contribution in [2.75, 3.05) is 5.32 Å². The fourth-order valence-corrected chi connectivity index (χ4v) is 2.87. The molecule has 2 aromatic carbocycles. The highest BCUT2D eigenvalue weighted by Gasteiger charge is 2.17. The SMILES string of the molecule is O=C(Cn1c(SC(F)F)nc2ccccc21)Nc1ccc(O)cc1. The van der Waals surface area contributed by atoms with Crippen LogP contribution in [-0.4, -0.2) is 26.3 Å². The molecule has 0 unspecified atom stereocenters. The lowest BCUT2D eigenvalue weighted by molar-refractivity contribution is -0.116. The van der Waals surface area contributed by atoms with Gasteiger partial charge in [0.15, 0.2) is 5.16 Å². The van der Waals surface area contributed by atoms with Gasteiger partial charge in [-0.15, -0.1) is 0 Å². The quantitative estimate of drug-likeness (QED) is 0.544. The first-order chi connectivity index (χ1) is 11.5. The van der Waals surface area contributed by atoms with Crippen molar-refractivity contribution in [2.24, 2.45) is 0 Å². The first-order valence-corrected chi connectivity index (χ1v) is 7.90. The number of rotatable bonds is 5. The van der Waals surface area contributed by atoms with E-state index in [0.717, 1.165) is 0 Å². The molecule has 24 heavy (non-hydrogen) atoms. The molecule has 0 saturated carbocycles. The van der Waals surface area contributed by atoms with Gasteiger partial charge in [0.25, 0.3) is 5.76 Å². The minimum Gasteiger partial charge on any atom is -0.508 e. The first-order valence-electron chi connectivity index (χ1n) is 7.02. The van der Waals surface area contributed by atoms with Crippen LogP contribution in [0, 0.1) is 0 Å². The third-order valence-corrected chi connectivity index (χ3v) is 3.97. The summed E-state index contributed by atoms with van der Waals surface area (Å²) in [6.45, 7) is -0.142. The van der Waals surface area contributed by atoms with Crippen LogP contribution in [0.1, 0.15) is 0 Å². The van der Waals surface area contributed by atoms with Crippen LogP contribution in [0.15, 0.2) is 53.7 Å². The number of nitrogens with one attached hydrogen (secondary N) is 1. The van der Waals surface area contributed by atoms with Crippen LogP contribution >= 0.6 is 11.8 Å². The van der Waals surface area contributed by atoms with Gasteiger partial charge in [-0.25, -0.2) is 4.98 Å². The Bertz CT molecular complexity index is 865. The van der Waals surface area contributed by atoms with Gasteiger partial charge < -0.3 is 15.0 Å². The molecule has 0 fully saturated rings. The van der Waals surface area contributed by atoms with Gasteiger partial charge in [-0.1, -0.05) is 12.1 Å². The zero-order chi connectivity index (χ0) is 17.1. The molecule has 1 amide bonds. The second-order valence-corrected chi connectivity index (χ2v) is 5.90. The van der Waals surface area contributed by atoms with E-state index >= 15 is 0 Å². The number of anilines is 1. The lowest BCUT2D eigenvalue weighted by atomic mass is 10.3. The number of hydrogen-bond acceptors (Lipinski definition) is 4. The monoisotopic (exact) mass is 349 g/mol. The predicted octanol–water partition coefficient (Wildman–Crippen LogP) is 3.70. The van der Waals surface area contributed by atoms with E-state index in [9.17, 15) is 18.7 Å². The number of thioether (sulfide) groups is 1. The Morgan fingerprint density at radius 2 is 1.92 bits per heavy atom. The third kappa shape index (κ3) is 3.65. The largest absolute Gasteiger partial charge is 0.508 e. The molecule has 0 bridgehead atoms. The number of hydrogen-bond donors (Lipinski definition) is 2. The summed E-state index contributed by atoms with van der Waals surface area (Å²) in [7, 11) is 0. The summed E-state index contributed by atoms with van der Waals surface area (Å²) in [5, 5.41) is 12.0. The average molecular weight is 349 g/mol. The minimum atomic E-state index is -2.62. The van der Waals surface area contributed by atoms with Crippen molar-refractivity contribution in [3.8, 4) is 5.75 Å². The molecule has 0 spiro atoms. The summed E-state index contributed by atoms with van der Waals surface area (Å²) in [6.07, 6.45) is 0. The van der Waals surface area contributed by atoms with Gasteiger partial charge in [0, 0.05) is 5.69 Å². The van der Waals surface area contributed by atoms with Gasteiger partial charge >= 0.3 is 0 Å². The Morgan fingerprint density at radius 1 is 1.21 bits per heavy atom. The summed E-state index contributed by atoms with van der Waals surface area (Å²) in [5.41, 5.74) is 1.67. The number of alkyl halides is 2. The van der Waals surface area contributed by atoms with Crippen LogP contribution in [0.4, 0.5) is 14.5 Å². The Morgan fingerprint density at radius 3 is 2.62 bits per heavy atom. The first kappa shape index (κ1) is 16.3. The highest BCUT2D eigenvalue weighted by atomic mass is 32.2. The summed E-state index contributed by atoms with van der Waals surface area (Å²) in [4.78, 5) is 16.4. The van der Waals surface area contributed by atoms with Crippen molar-refractivity contribution < 1.29 is 18.7 Å². The zero-order valence-corrected chi connectivity index (χ0v) is 13.1. The fourth-order valence-electron chi connectivity index (χ4n) is 2.26. The van der Waals surface area contributed by atoms with Gasteiger partial charge in [-0.05, 0) is 48.2 Å². The maximum Gasteiger partial charge on any atom is 0.291 e. The summed E-state index contributed by atoms with van der Waals surface area (Å²) in [5.74, 6) is -2.91. The molecule has 8 heteroatoms. The highest BCUT2D eigenvalue weighted by molar-refractivity contribution is 7.99. The smallest absolute Gasteiger partial charge is 0.291 e. The normalized spacial score (nSPS) is 11.1. The molecule has 124 valence electrons. The van der Waals surface area contributed by atoms with Crippen LogP contribution < -0.4 is 5.32 Å². The Kier molecular flexibility index (Phi) is 4.66. The van der Waals surface area contributed by atoms with Gasteiger partial charge in [0.2, 0.25) is 5.91 Å². The molecule has 0 saturated heterocycles. The standard InChI is InChI=1S/C16H13F2N3O2S/c17-15(18)24-16-20-12-3-1-2-4-13(12)21(16)9-14(23)19-10-5-7-11(22)8-6-10/h1-8,15,22H,9H2,(H,19,23). The molecular weight excluding hydrogens is 336 g/mol. The lowest BCUT2D eigenvalue weighted by Gasteiger charge is -2.09. The van der Waals surface area contributed by atoms with Crippen LogP contribution in [0.2, 0.25) is 0 Å². The number of carbonyl (C=O) groups excluding carboxylic acids is 1. The fraction of sp³-hybridized carbons (Fsp3) is 0.125. The molecule has 0 aliphatic carbocycles. The van der Waals surface area contributed by atoms with E-state index in [1.54, 1.807) is 36.4 Å². The van der Waals surface area contributed by atoms with Crippen molar-refractivity contribution >= 4 is 34.4 Å². The molecule has 1 aromatic heterocycles. The molecule has 0 radical (unpaired) electrons. The maximum absolute atomic E-state index is 12.7. The molecule has 1 heterocycles. The number of phenolic OH excluding ortho intramolecular Hbond substituents is 1. The van der Waals surface area contributed by atoms with Crippen molar-refractivity contribution in [3.63, 3.8) is 0 Å². The topological polar surface area (TPSA) is 67.2 Å². The Balaban J connectivity index is 1.85. The summed E-state index contributed by atoms with van der Waals surface area (Å²) < 4.78 is 26.9. The molecule has 0 atom stereocenters. The van der Waals surface area contributed by atoms with Gasteiger partial charge in [-0.2, -0.15) is 8.78 Å². The van der Waals surface area contributed by atoms with E-state index in [2.05, 4.69) is 10.3 Å². The molecule has 0 aliphatic rings. The number of halogens is 2. The number of aromatic nitrogens is 2. The zero-order valence-electron chi connectivity index (χ0n) is 12.3. The van der Waals surface area contributed by atoms with Crippen molar-refractivity contribution in [1.82, 2.24) is 9.55 Å². The number of fused-ring (bicyclic) bond motifs is 1. The van der Waals surface area contributed by atoms with Crippen molar-refractivity contribution in [3.05, 3.63) is 48.5 Å². The number of amides is 1. The maximum atomic E-state index is 12.7. The number of phenols is 1. The average Bonchev–Trinajstić information content (AvgIpc) is 2.86. The van der Waals surface area contributed by atoms with E-state index in [1.165, 1.54) is 16.7 Å². The van der Waals surface area contributed by atoms with E-state index in [1.807, 2.05) is 0 Å². The van der Waals surface area contributed by atoms with Gasteiger partial charge in [0.05, 0.1) is 11.0 Å². The molecule has 0 aliphatic heterocycles. The number of nitrogens with zero attached hydrogens (tertiary/aromatic N) is 2. The second-order valence-electron chi connectivity index (χ2n) is 4.94. The lowest BCUT2D eigenvalue weighted by Crippen LogP contribution is -2.19. The van der Waals surface area contributed by atoms with Crippen LogP contribution in [-0.2, 0) is 11.3 Å². The number of benzene rings is 2. The number of imidazole rings is 1. The number of para-hydroxylation sites is 2. The third-order valence-electron chi connectivity index (χ3n) is 3.27. The molecule has 5 nitrogen and oxygen atoms in total. The predicted molar refractivity (Wildman–Crippen MR) is 88.3 cm³/mol. The second kappa shape index (κ2) is 6.88. The van der Waals surface area contributed by atoms with E-state index in [-0.39, 0.29) is 23.4 Å². The summed E-state index contributed by atoms with van der Waals surface area (Å²) >= 11 is 0.306. The van der Waals surface area contributed by atoms with E-state index in [4.69, 9.17) is 0 Å². The minimum absolute atomic E-state index is 0.0872. The number of carbonyl (C=O) groups is 1. The Hall–Kier alpha value is -2.61.